The van der Waals surface area contributed by atoms with E-state index in [0.29, 0.717) is 11.6 Å². The van der Waals surface area contributed by atoms with Crippen LogP contribution < -0.4 is 0 Å². The van der Waals surface area contributed by atoms with Crippen molar-refractivity contribution in [1.82, 2.24) is 9.88 Å². The smallest absolute Gasteiger partial charge is 0.272 e. The van der Waals surface area contributed by atoms with Crippen molar-refractivity contribution in [1.29, 1.82) is 0 Å². The lowest BCUT2D eigenvalue weighted by molar-refractivity contribution is 0.0743. The molecule has 0 spiro atoms. The lowest BCUT2D eigenvalue weighted by Crippen LogP contribution is -2.36. The minimum atomic E-state index is -0.0179. The van der Waals surface area contributed by atoms with Gasteiger partial charge in [-0.3, -0.25) is 4.79 Å². The van der Waals surface area contributed by atoms with E-state index in [1.54, 1.807) is 12.3 Å². The van der Waals surface area contributed by atoms with E-state index in [2.05, 4.69) is 20.9 Å². The molecule has 2 heterocycles. The quantitative estimate of drug-likeness (QED) is 0.787. The van der Waals surface area contributed by atoms with Crippen molar-refractivity contribution in [3.63, 3.8) is 0 Å². The van der Waals surface area contributed by atoms with E-state index >= 15 is 0 Å². The molecule has 0 aliphatic carbocycles. The van der Waals surface area contributed by atoms with Crippen molar-refractivity contribution in [2.45, 2.75) is 18.9 Å². The second kappa shape index (κ2) is 5.15. The van der Waals surface area contributed by atoms with E-state index in [4.69, 9.17) is 11.6 Å². The molecule has 16 heavy (non-hydrogen) atoms. The number of hydrogen-bond acceptors (Lipinski definition) is 2. The highest BCUT2D eigenvalue weighted by Crippen LogP contribution is 2.20. The number of aromatic nitrogens is 1. The zero-order valence-electron chi connectivity index (χ0n) is 8.70. The standard InChI is InChI=1S/C11H12BrClN2O/c12-8-3-4-10(14-7-8)11(16)15-5-1-2-9(15)6-13/h3-4,7,9H,1-2,5-6H2. The van der Waals surface area contributed by atoms with Gasteiger partial charge in [-0.05, 0) is 40.9 Å². The van der Waals surface area contributed by atoms with E-state index in [-0.39, 0.29) is 11.9 Å². The number of halogens is 2. The van der Waals surface area contributed by atoms with Gasteiger partial charge in [-0.25, -0.2) is 4.98 Å². The van der Waals surface area contributed by atoms with Gasteiger partial charge in [0.05, 0.1) is 0 Å². The number of hydrogen-bond donors (Lipinski definition) is 0. The summed E-state index contributed by atoms with van der Waals surface area (Å²) in [6.07, 6.45) is 3.66. The lowest BCUT2D eigenvalue weighted by atomic mass is 10.2. The van der Waals surface area contributed by atoms with Crippen molar-refractivity contribution in [2.75, 3.05) is 12.4 Å². The first-order valence-corrected chi connectivity index (χ1v) is 6.53. The van der Waals surface area contributed by atoms with Crippen molar-refractivity contribution in [3.05, 3.63) is 28.5 Å². The minimum absolute atomic E-state index is 0.0179. The molecule has 86 valence electrons. The molecule has 0 radical (unpaired) electrons. The Labute approximate surface area is 108 Å². The van der Waals surface area contributed by atoms with E-state index in [1.165, 1.54) is 0 Å². The molecule has 1 aromatic heterocycles. The largest absolute Gasteiger partial charge is 0.333 e. The van der Waals surface area contributed by atoms with Gasteiger partial charge in [-0.15, -0.1) is 11.6 Å². The third kappa shape index (κ3) is 2.38. The van der Waals surface area contributed by atoms with Crippen molar-refractivity contribution < 1.29 is 4.79 Å². The molecule has 1 aliphatic rings. The number of likely N-dealkylation sites (tertiary alicyclic amines) is 1. The summed E-state index contributed by atoms with van der Waals surface area (Å²) in [6.45, 7) is 0.786. The molecular formula is C11H12BrClN2O. The molecule has 1 unspecified atom stereocenters. The van der Waals surface area contributed by atoms with Crippen LogP contribution in [0.3, 0.4) is 0 Å². The highest BCUT2D eigenvalue weighted by molar-refractivity contribution is 9.10. The van der Waals surface area contributed by atoms with Crippen molar-refractivity contribution >= 4 is 33.4 Å². The normalized spacial score (nSPS) is 20.1. The Morgan fingerprint density at radius 2 is 2.44 bits per heavy atom. The fourth-order valence-corrected chi connectivity index (χ4v) is 2.47. The number of carbonyl (C=O) groups excluding carboxylic acids is 1. The second-order valence-corrected chi connectivity index (χ2v) is 5.03. The van der Waals surface area contributed by atoms with Crippen molar-refractivity contribution in [2.24, 2.45) is 0 Å². The van der Waals surface area contributed by atoms with Gasteiger partial charge in [0.25, 0.3) is 5.91 Å². The molecule has 0 aromatic carbocycles. The van der Waals surface area contributed by atoms with Crippen LogP contribution in [0.2, 0.25) is 0 Å². The van der Waals surface area contributed by atoms with Crippen LogP contribution in [-0.2, 0) is 0 Å². The van der Waals surface area contributed by atoms with E-state index in [0.717, 1.165) is 23.9 Å². The maximum Gasteiger partial charge on any atom is 0.272 e. The molecule has 1 atom stereocenters. The van der Waals surface area contributed by atoms with Gasteiger partial charge in [0, 0.05) is 29.1 Å². The maximum absolute atomic E-state index is 12.1. The Balaban J connectivity index is 2.15. The second-order valence-electron chi connectivity index (χ2n) is 3.81. The lowest BCUT2D eigenvalue weighted by Gasteiger charge is -2.22. The molecule has 1 aromatic rings. The van der Waals surface area contributed by atoms with Crippen LogP contribution in [0, 0.1) is 0 Å². The summed E-state index contributed by atoms with van der Waals surface area (Å²) in [5.41, 5.74) is 0.486. The number of pyridine rings is 1. The first-order chi connectivity index (χ1) is 7.72. The van der Waals surface area contributed by atoms with Crippen LogP contribution in [0.25, 0.3) is 0 Å². The number of nitrogens with zero attached hydrogens (tertiary/aromatic N) is 2. The zero-order valence-corrected chi connectivity index (χ0v) is 11.0. The van der Waals surface area contributed by atoms with Crippen LogP contribution in [0.15, 0.2) is 22.8 Å². The Kier molecular flexibility index (Phi) is 3.82. The Morgan fingerprint density at radius 3 is 3.06 bits per heavy atom. The molecular weight excluding hydrogens is 291 g/mol. The molecule has 1 fully saturated rings. The fourth-order valence-electron chi connectivity index (χ4n) is 1.91. The summed E-state index contributed by atoms with van der Waals surface area (Å²) < 4.78 is 0.874. The van der Waals surface area contributed by atoms with Gasteiger partial charge in [0.2, 0.25) is 0 Å². The summed E-state index contributed by atoms with van der Waals surface area (Å²) in [4.78, 5) is 18.1. The first kappa shape index (κ1) is 11.9. The molecule has 3 nitrogen and oxygen atoms in total. The molecule has 0 bridgehead atoms. The highest BCUT2D eigenvalue weighted by Gasteiger charge is 2.29. The van der Waals surface area contributed by atoms with Crippen LogP contribution in [0.5, 0.6) is 0 Å². The molecule has 1 aliphatic heterocycles. The summed E-state index contributed by atoms with van der Waals surface area (Å²) in [5, 5.41) is 0. The molecule has 1 saturated heterocycles. The molecule has 0 saturated carbocycles. The number of carbonyl (C=O) groups is 1. The average molecular weight is 304 g/mol. The van der Waals surface area contributed by atoms with E-state index < -0.39 is 0 Å². The highest BCUT2D eigenvalue weighted by atomic mass is 79.9. The number of amides is 1. The van der Waals surface area contributed by atoms with Gasteiger partial charge in [0.15, 0.2) is 0 Å². The third-order valence-corrected chi connectivity index (χ3v) is 3.59. The predicted molar refractivity (Wildman–Crippen MR) is 66.7 cm³/mol. The van der Waals surface area contributed by atoms with E-state index in [9.17, 15) is 4.79 Å². The molecule has 5 heteroatoms. The third-order valence-electron chi connectivity index (χ3n) is 2.76. The van der Waals surface area contributed by atoms with Gasteiger partial charge >= 0.3 is 0 Å². The Hall–Kier alpha value is -0.610. The zero-order chi connectivity index (χ0) is 11.5. The van der Waals surface area contributed by atoms with Crippen LogP contribution in [-0.4, -0.2) is 34.3 Å². The van der Waals surface area contributed by atoms with Crippen molar-refractivity contribution in [3.8, 4) is 0 Å². The Bertz CT molecular complexity index is 382. The summed E-state index contributed by atoms with van der Waals surface area (Å²) >= 11 is 9.13. The predicted octanol–water partition coefficient (Wildman–Crippen LogP) is 2.69. The van der Waals surface area contributed by atoms with E-state index in [1.807, 2.05) is 11.0 Å². The first-order valence-electron chi connectivity index (χ1n) is 5.21. The minimum Gasteiger partial charge on any atom is -0.333 e. The molecule has 2 rings (SSSR count). The fraction of sp³-hybridized carbons (Fsp3) is 0.455. The average Bonchev–Trinajstić information content (AvgIpc) is 2.77. The van der Waals surface area contributed by atoms with Gasteiger partial charge < -0.3 is 4.90 Å². The van der Waals surface area contributed by atoms with Gasteiger partial charge in [-0.2, -0.15) is 0 Å². The monoisotopic (exact) mass is 302 g/mol. The number of rotatable bonds is 2. The topological polar surface area (TPSA) is 33.2 Å². The van der Waals surface area contributed by atoms with Crippen LogP contribution in [0.4, 0.5) is 0 Å². The maximum atomic E-state index is 12.1. The SMILES string of the molecule is O=C(c1ccc(Br)cn1)N1CCCC1CCl. The molecule has 1 amide bonds. The van der Waals surface area contributed by atoms with Gasteiger partial charge in [-0.1, -0.05) is 0 Å². The van der Waals surface area contributed by atoms with Gasteiger partial charge in [0.1, 0.15) is 5.69 Å². The summed E-state index contributed by atoms with van der Waals surface area (Å²) in [7, 11) is 0. The summed E-state index contributed by atoms with van der Waals surface area (Å²) in [6, 6.07) is 3.72. The Morgan fingerprint density at radius 1 is 1.62 bits per heavy atom. The number of alkyl halides is 1. The summed E-state index contributed by atoms with van der Waals surface area (Å²) in [5.74, 6) is 0.484. The van der Waals surface area contributed by atoms with Crippen LogP contribution in [0.1, 0.15) is 23.3 Å². The molecule has 0 N–H and O–H groups in total. The van der Waals surface area contributed by atoms with Crippen LogP contribution >= 0.6 is 27.5 Å².